The molecule has 2 nitrogen and oxygen atoms in total. The van der Waals surface area contributed by atoms with Crippen LogP contribution in [-0.4, -0.2) is 9.97 Å². The maximum atomic E-state index is 13.1. The Bertz CT molecular complexity index is 747. The smallest absolute Gasteiger partial charge is 0.161 e. The van der Waals surface area contributed by atoms with Crippen LogP contribution in [0.25, 0.3) is 22.4 Å². The molecule has 96 valence electrons. The van der Waals surface area contributed by atoms with Gasteiger partial charge < -0.3 is 4.98 Å². The van der Waals surface area contributed by atoms with Crippen molar-refractivity contribution in [3.05, 3.63) is 51.5 Å². The third kappa shape index (κ3) is 2.24. The van der Waals surface area contributed by atoms with Crippen LogP contribution in [0.1, 0.15) is 0 Å². The van der Waals surface area contributed by atoms with Gasteiger partial charge in [0.05, 0.1) is 16.1 Å². The first kappa shape index (κ1) is 12.6. The summed E-state index contributed by atoms with van der Waals surface area (Å²) in [5.41, 5.74) is 1.59. The molecule has 0 bridgehead atoms. The van der Waals surface area contributed by atoms with Crippen LogP contribution in [0.5, 0.6) is 0 Å². The lowest BCUT2D eigenvalue weighted by Crippen LogP contribution is -1.82. The number of fused-ring (bicyclic) bond motifs is 1. The van der Waals surface area contributed by atoms with Crippen LogP contribution in [0, 0.1) is 11.6 Å². The number of aromatic nitrogens is 2. The molecule has 0 aliphatic rings. The lowest BCUT2D eigenvalue weighted by atomic mass is 10.2. The van der Waals surface area contributed by atoms with Crippen LogP contribution in [0.2, 0.25) is 5.02 Å². The Morgan fingerprint density at radius 2 is 1.84 bits per heavy atom. The molecule has 0 atom stereocenters. The van der Waals surface area contributed by atoms with Crippen molar-refractivity contribution in [2.75, 3.05) is 0 Å². The SMILES string of the molecule is Fc1cc2nc(-c3ccc(Cl)c(Br)c3)[nH]c2cc1F. The summed E-state index contributed by atoms with van der Waals surface area (Å²) in [6.07, 6.45) is 0. The minimum atomic E-state index is -0.914. The lowest BCUT2D eigenvalue weighted by Gasteiger charge is -1.99. The maximum absolute atomic E-state index is 13.1. The molecule has 1 aromatic heterocycles. The van der Waals surface area contributed by atoms with Gasteiger partial charge in [-0.05, 0) is 34.1 Å². The van der Waals surface area contributed by atoms with E-state index in [1.807, 2.05) is 0 Å². The average Bonchev–Trinajstić information content (AvgIpc) is 2.76. The van der Waals surface area contributed by atoms with E-state index in [9.17, 15) is 8.78 Å². The Kier molecular flexibility index (Phi) is 3.03. The lowest BCUT2D eigenvalue weighted by molar-refractivity contribution is 0.510. The van der Waals surface area contributed by atoms with Crippen molar-refractivity contribution in [2.45, 2.75) is 0 Å². The fourth-order valence-electron chi connectivity index (χ4n) is 1.79. The molecular weight excluding hydrogens is 338 g/mol. The van der Waals surface area contributed by atoms with E-state index < -0.39 is 11.6 Å². The first-order valence-electron chi connectivity index (χ1n) is 5.35. The Balaban J connectivity index is 2.17. The predicted molar refractivity (Wildman–Crippen MR) is 74.2 cm³/mol. The first-order valence-corrected chi connectivity index (χ1v) is 6.52. The summed E-state index contributed by atoms with van der Waals surface area (Å²) in [7, 11) is 0. The predicted octanol–water partition coefficient (Wildman–Crippen LogP) is 4.92. The number of halogens is 4. The Hall–Kier alpha value is -1.46. The number of H-pyrrole nitrogens is 1. The van der Waals surface area contributed by atoms with Gasteiger partial charge in [-0.15, -0.1) is 0 Å². The van der Waals surface area contributed by atoms with Crippen LogP contribution in [0.15, 0.2) is 34.8 Å². The minimum absolute atomic E-state index is 0.375. The molecule has 0 saturated heterocycles. The highest BCUT2D eigenvalue weighted by atomic mass is 79.9. The molecule has 3 aromatic rings. The molecule has 0 saturated carbocycles. The molecule has 0 unspecified atom stereocenters. The van der Waals surface area contributed by atoms with Gasteiger partial charge in [0.1, 0.15) is 5.82 Å². The van der Waals surface area contributed by atoms with Gasteiger partial charge in [-0.1, -0.05) is 11.6 Å². The minimum Gasteiger partial charge on any atom is -0.338 e. The fraction of sp³-hybridized carbons (Fsp3) is 0. The number of benzene rings is 2. The monoisotopic (exact) mass is 342 g/mol. The Labute approximate surface area is 120 Å². The molecule has 2 aromatic carbocycles. The standard InChI is InChI=1S/C13H6BrClF2N2/c14-7-3-6(1-2-8(7)15)13-18-11-4-9(16)10(17)5-12(11)19-13/h1-5H,(H,18,19). The molecule has 0 aliphatic carbocycles. The molecule has 1 heterocycles. The molecular formula is C13H6BrClF2N2. The third-order valence-corrected chi connectivity index (χ3v) is 3.93. The summed E-state index contributed by atoms with van der Waals surface area (Å²) >= 11 is 9.23. The van der Waals surface area contributed by atoms with Crippen molar-refractivity contribution in [1.29, 1.82) is 0 Å². The van der Waals surface area contributed by atoms with Crippen molar-refractivity contribution in [2.24, 2.45) is 0 Å². The van der Waals surface area contributed by atoms with Crippen molar-refractivity contribution >= 4 is 38.6 Å². The van der Waals surface area contributed by atoms with E-state index >= 15 is 0 Å². The number of nitrogens with one attached hydrogen (secondary N) is 1. The van der Waals surface area contributed by atoms with Crippen molar-refractivity contribution < 1.29 is 8.78 Å². The van der Waals surface area contributed by atoms with E-state index in [2.05, 4.69) is 25.9 Å². The van der Waals surface area contributed by atoms with Crippen LogP contribution in [-0.2, 0) is 0 Å². The van der Waals surface area contributed by atoms with E-state index in [0.717, 1.165) is 22.2 Å². The maximum Gasteiger partial charge on any atom is 0.161 e. The highest BCUT2D eigenvalue weighted by Crippen LogP contribution is 2.29. The number of aromatic amines is 1. The summed E-state index contributed by atoms with van der Waals surface area (Å²) in [6, 6.07) is 7.43. The van der Waals surface area contributed by atoms with Crippen LogP contribution < -0.4 is 0 Å². The van der Waals surface area contributed by atoms with Crippen LogP contribution in [0.3, 0.4) is 0 Å². The van der Waals surface area contributed by atoms with Gasteiger partial charge in [-0.3, -0.25) is 0 Å². The number of hydrogen-bond acceptors (Lipinski definition) is 1. The van der Waals surface area contributed by atoms with Gasteiger partial charge in [0, 0.05) is 22.2 Å². The summed E-state index contributed by atoms with van der Waals surface area (Å²) in [4.78, 5) is 7.17. The van der Waals surface area contributed by atoms with E-state index in [-0.39, 0.29) is 0 Å². The normalized spacial score (nSPS) is 11.2. The van der Waals surface area contributed by atoms with Gasteiger partial charge in [0.25, 0.3) is 0 Å². The second-order valence-corrected chi connectivity index (χ2v) is 5.26. The molecule has 0 fully saturated rings. The number of rotatable bonds is 1. The largest absolute Gasteiger partial charge is 0.338 e. The van der Waals surface area contributed by atoms with Crippen LogP contribution in [0.4, 0.5) is 8.78 Å². The molecule has 1 N–H and O–H groups in total. The molecule has 0 amide bonds. The van der Waals surface area contributed by atoms with Gasteiger partial charge in [-0.2, -0.15) is 0 Å². The van der Waals surface area contributed by atoms with E-state index in [4.69, 9.17) is 11.6 Å². The van der Waals surface area contributed by atoms with E-state index in [0.29, 0.717) is 21.9 Å². The van der Waals surface area contributed by atoms with Crippen molar-refractivity contribution in [3.8, 4) is 11.4 Å². The second kappa shape index (κ2) is 4.58. The third-order valence-electron chi connectivity index (χ3n) is 2.72. The number of hydrogen-bond donors (Lipinski definition) is 1. The molecule has 3 rings (SSSR count). The van der Waals surface area contributed by atoms with Gasteiger partial charge in [0.2, 0.25) is 0 Å². The Morgan fingerprint density at radius 3 is 2.58 bits per heavy atom. The quantitative estimate of drug-likeness (QED) is 0.667. The van der Waals surface area contributed by atoms with Gasteiger partial charge in [0.15, 0.2) is 11.6 Å². The zero-order valence-corrected chi connectivity index (χ0v) is 11.7. The summed E-state index contributed by atoms with van der Waals surface area (Å²) in [6.45, 7) is 0. The topological polar surface area (TPSA) is 28.7 Å². The van der Waals surface area contributed by atoms with Gasteiger partial charge in [-0.25, -0.2) is 13.8 Å². The highest BCUT2D eigenvalue weighted by molar-refractivity contribution is 9.10. The van der Waals surface area contributed by atoms with Crippen molar-refractivity contribution in [3.63, 3.8) is 0 Å². The Morgan fingerprint density at radius 1 is 1.11 bits per heavy atom. The highest BCUT2D eigenvalue weighted by Gasteiger charge is 2.10. The first-order chi connectivity index (χ1) is 9.04. The zero-order chi connectivity index (χ0) is 13.6. The number of imidazole rings is 1. The average molecular weight is 344 g/mol. The fourth-order valence-corrected chi connectivity index (χ4v) is 2.28. The summed E-state index contributed by atoms with van der Waals surface area (Å²) in [5.74, 6) is -1.29. The van der Waals surface area contributed by atoms with Crippen LogP contribution >= 0.6 is 27.5 Å². The van der Waals surface area contributed by atoms with Gasteiger partial charge >= 0.3 is 0 Å². The molecule has 19 heavy (non-hydrogen) atoms. The summed E-state index contributed by atoms with van der Waals surface area (Å²) in [5, 5.41) is 0.581. The van der Waals surface area contributed by atoms with E-state index in [1.165, 1.54) is 0 Å². The molecule has 6 heteroatoms. The molecule has 0 aliphatic heterocycles. The zero-order valence-electron chi connectivity index (χ0n) is 9.35. The van der Waals surface area contributed by atoms with E-state index in [1.54, 1.807) is 18.2 Å². The molecule has 0 spiro atoms. The second-order valence-electron chi connectivity index (χ2n) is 4.00. The number of nitrogens with zero attached hydrogens (tertiary/aromatic N) is 1. The molecule has 0 radical (unpaired) electrons. The van der Waals surface area contributed by atoms with Crippen molar-refractivity contribution in [1.82, 2.24) is 9.97 Å². The summed E-state index contributed by atoms with van der Waals surface area (Å²) < 4.78 is 27.0.